The maximum absolute atomic E-state index is 12.5. The highest BCUT2D eigenvalue weighted by atomic mass is 19.4. The minimum Gasteiger partial charge on any atom is -0.405 e. The maximum atomic E-state index is 12.5. The minimum atomic E-state index is -4.72. The predicted octanol–water partition coefficient (Wildman–Crippen LogP) is 3.39. The van der Waals surface area contributed by atoms with Crippen LogP contribution in [0.3, 0.4) is 0 Å². The largest absolute Gasteiger partial charge is 0.573 e. The Morgan fingerprint density at radius 1 is 1.09 bits per heavy atom. The SMILES string of the molecule is FC(F)(F)Oc1ccccc1-c1ccn(C2CC[N]CC2)n1. The van der Waals surface area contributed by atoms with E-state index in [1.807, 2.05) is 4.68 Å². The van der Waals surface area contributed by atoms with Gasteiger partial charge < -0.3 is 4.74 Å². The number of piperidine rings is 1. The molecule has 1 aliphatic heterocycles. The molecule has 1 aliphatic rings. The van der Waals surface area contributed by atoms with Gasteiger partial charge in [-0.1, -0.05) is 12.1 Å². The van der Waals surface area contributed by atoms with Gasteiger partial charge in [0.25, 0.3) is 0 Å². The summed E-state index contributed by atoms with van der Waals surface area (Å²) in [5, 5.41) is 8.71. The first-order chi connectivity index (χ1) is 10.5. The van der Waals surface area contributed by atoms with E-state index in [0.717, 1.165) is 25.9 Å². The van der Waals surface area contributed by atoms with Crippen LogP contribution in [0.2, 0.25) is 0 Å². The van der Waals surface area contributed by atoms with Crippen molar-refractivity contribution in [3.63, 3.8) is 0 Å². The van der Waals surface area contributed by atoms with Crippen LogP contribution >= 0.6 is 0 Å². The van der Waals surface area contributed by atoms with Gasteiger partial charge in [-0.2, -0.15) is 5.10 Å². The van der Waals surface area contributed by atoms with E-state index in [1.54, 1.807) is 24.4 Å². The van der Waals surface area contributed by atoms with Gasteiger partial charge in [0.2, 0.25) is 0 Å². The summed E-state index contributed by atoms with van der Waals surface area (Å²) in [6, 6.07) is 8.00. The third-order valence-corrected chi connectivity index (χ3v) is 3.61. The molecule has 0 bridgehead atoms. The number of benzene rings is 1. The van der Waals surface area contributed by atoms with Crippen LogP contribution in [0.15, 0.2) is 36.5 Å². The molecule has 1 radical (unpaired) electrons. The molecule has 4 nitrogen and oxygen atoms in total. The Bertz CT molecular complexity index is 633. The molecular weight excluding hydrogens is 295 g/mol. The zero-order chi connectivity index (χ0) is 15.6. The zero-order valence-corrected chi connectivity index (χ0v) is 11.8. The van der Waals surface area contributed by atoms with Crippen LogP contribution in [0.5, 0.6) is 5.75 Å². The molecule has 1 aromatic heterocycles. The monoisotopic (exact) mass is 310 g/mol. The van der Waals surface area contributed by atoms with Crippen LogP contribution in [-0.4, -0.2) is 29.2 Å². The van der Waals surface area contributed by atoms with Crippen molar-refractivity contribution in [2.24, 2.45) is 0 Å². The predicted molar refractivity (Wildman–Crippen MR) is 74.5 cm³/mol. The number of hydrogen-bond acceptors (Lipinski definition) is 2. The average molecular weight is 310 g/mol. The third kappa shape index (κ3) is 3.41. The van der Waals surface area contributed by atoms with E-state index in [1.165, 1.54) is 12.1 Å². The van der Waals surface area contributed by atoms with E-state index >= 15 is 0 Å². The number of aromatic nitrogens is 2. The van der Waals surface area contributed by atoms with Gasteiger partial charge in [0.05, 0.1) is 11.7 Å². The second kappa shape index (κ2) is 6.00. The lowest BCUT2D eigenvalue weighted by molar-refractivity contribution is -0.274. The molecule has 0 spiro atoms. The number of alkyl halides is 3. The molecule has 1 aromatic carbocycles. The molecule has 1 saturated heterocycles. The van der Waals surface area contributed by atoms with Gasteiger partial charge in [0, 0.05) is 24.8 Å². The third-order valence-electron chi connectivity index (χ3n) is 3.61. The van der Waals surface area contributed by atoms with Gasteiger partial charge in [0.1, 0.15) is 5.75 Å². The van der Waals surface area contributed by atoms with Crippen molar-refractivity contribution in [2.75, 3.05) is 13.1 Å². The molecule has 3 rings (SSSR count). The lowest BCUT2D eigenvalue weighted by Gasteiger charge is -2.21. The molecule has 7 heteroatoms. The number of halogens is 3. The van der Waals surface area contributed by atoms with E-state index in [4.69, 9.17) is 0 Å². The van der Waals surface area contributed by atoms with Gasteiger partial charge in [-0.05, 0) is 31.0 Å². The van der Waals surface area contributed by atoms with E-state index in [0.29, 0.717) is 11.3 Å². The normalized spacial score (nSPS) is 16.7. The number of rotatable bonds is 3. The highest BCUT2D eigenvalue weighted by Gasteiger charge is 2.32. The summed E-state index contributed by atoms with van der Waals surface area (Å²) < 4.78 is 43.3. The summed E-state index contributed by atoms with van der Waals surface area (Å²) in [5.41, 5.74) is 0.807. The number of para-hydroxylation sites is 1. The summed E-state index contributed by atoms with van der Waals surface area (Å²) in [6.45, 7) is 1.60. The maximum Gasteiger partial charge on any atom is 0.573 e. The Kier molecular flexibility index (Phi) is 4.06. The highest BCUT2D eigenvalue weighted by Crippen LogP contribution is 2.33. The standard InChI is InChI=1S/C15H15F3N3O/c16-15(17,18)22-14-4-2-1-3-12(14)13-7-10-21(20-13)11-5-8-19-9-6-11/h1-4,7,10-11H,5-6,8-9H2. The fourth-order valence-electron chi connectivity index (χ4n) is 2.58. The topological polar surface area (TPSA) is 41.2 Å². The van der Waals surface area contributed by atoms with E-state index < -0.39 is 6.36 Å². The Morgan fingerprint density at radius 2 is 1.82 bits per heavy atom. The lowest BCUT2D eigenvalue weighted by Crippen LogP contribution is -2.25. The molecule has 22 heavy (non-hydrogen) atoms. The Hall–Kier alpha value is -2.02. The van der Waals surface area contributed by atoms with Crippen molar-refractivity contribution < 1.29 is 17.9 Å². The molecule has 2 heterocycles. The molecular formula is C15H15F3N3O. The van der Waals surface area contributed by atoms with Crippen molar-refractivity contribution in [1.29, 1.82) is 0 Å². The highest BCUT2D eigenvalue weighted by molar-refractivity contribution is 5.66. The van der Waals surface area contributed by atoms with Crippen molar-refractivity contribution in [3.8, 4) is 17.0 Å². The summed E-state index contributed by atoms with van der Waals surface area (Å²) in [5.74, 6) is -0.237. The first-order valence-corrected chi connectivity index (χ1v) is 7.06. The van der Waals surface area contributed by atoms with Gasteiger partial charge in [-0.15, -0.1) is 13.2 Å². The number of ether oxygens (including phenoxy) is 1. The average Bonchev–Trinajstić information content (AvgIpc) is 2.97. The number of hydrogen-bond donors (Lipinski definition) is 0. The first kappa shape index (κ1) is 14.9. The van der Waals surface area contributed by atoms with E-state index in [9.17, 15) is 13.2 Å². The van der Waals surface area contributed by atoms with Crippen molar-refractivity contribution in [1.82, 2.24) is 15.1 Å². The zero-order valence-electron chi connectivity index (χ0n) is 11.8. The van der Waals surface area contributed by atoms with Crippen LogP contribution in [0, 0.1) is 0 Å². The lowest BCUT2D eigenvalue weighted by atomic mass is 10.1. The Morgan fingerprint density at radius 3 is 2.55 bits per heavy atom. The molecule has 2 aromatic rings. The second-order valence-electron chi connectivity index (χ2n) is 5.13. The fraction of sp³-hybridized carbons (Fsp3) is 0.400. The molecule has 0 aliphatic carbocycles. The quantitative estimate of drug-likeness (QED) is 0.872. The van der Waals surface area contributed by atoms with Crippen LogP contribution in [0.4, 0.5) is 13.2 Å². The van der Waals surface area contributed by atoms with Crippen molar-refractivity contribution >= 4 is 0 Å². The Balaban J connectivity index is 1.87. The molecule has 0 saturated carbocycles. The van der Waals surface area contributed by atoms with Crippen molar-refractivity contribution in [3.05, 3.63) is 36.5 Å². The molecule has 0 N–H and O–H groups in total. The smallest absolute Gasteiger partial charge is 0.405 e. The van der Waals surface area contributed by atoms with Crippen LogP contribution in [0.25, 0.3) is 11.3 Å². The van der Waals surface area contributed by atoms with Gasteiger partial charge in [-0.25, -0.2) is 5.32 Å². The van der Waals surface area contributed by atoms with Crippen LogP contribution in [0.1, 0.15) is 18.9 Å². The van der Waals surface area contributed by atoms with E-state index in [2.05, 4.69) is 15.2 Å². The van der Waals surface area contributed by atoms with E-state index in [-0.39, 0.29) is 11.8 Å². The summed E-state index contributed by atoms with van der Waals surface area (Å²) >= 11 is 0. The molecule has 0 amide bonds. The van der Waals surface area contributed by atoms with Crippen LogP contribution in [-0.2, 0) is 0 Å². The van der Waals surface area contributed by atoms with Gasteiger partial charge in [-0.3, -0.25) is 4.68 Å². The second-order valence-corrected chi connectivity index (χ2v) is 5.13. The number of nitrogens with zero attached hydrogens (tertiary/aromatic N) is 3. The van der Waals surface area contributed by atoms with Gasteiger partial charge >= 0.3 is 6.36 Å². The van der Waals surface area contributed by atoms with Crippen LogP contribution < -0.4 is 10.1 Å². The fourth-order valence-corrected chi connectivity index (χ4v) is 2.58. The van der Waals surface area contributed by atoms with Gasteiger partial charge in [0.15, 0.2) is 0 Å². The first-order valence-electron chi connectivity index (χ1n) is 7.06. The molecule has 0 unspecified atom stereocenters. The molecule has 0 atom stereocenters. The minimum absolute atomic E-state index is 0.237. The summed E-state index contributed by atoms with van der Waals surface area (Å²) in [4.78, 5) is 0. The molecule has 1 fully saturated rings. The Labute approximate surface area is 125 Å². The summed E-state index contributed by atoms with van der Waals surface area (Å²) in [7, 11) is 0. The summed E-state index contributed by atoms with van der Waals surface area (Å²) in [6.07, 6.45) is -1.11. The van der Waals surface area contributed by atoms with Crippen molar-refractivity contribution in [2.45, 2.75) is 25.2 Å². The molecule has 117 valence electrons.